The molecule has 0 bridgehead atoms. The molecule has 8 heteroatoms. The third kappa shape index (κ3) is 4.29. The van der Waals surface area contributed by atoms with Gasteiger partial charge in [0.25, 0.3) is 0 Å². The van der Waals surface area contributed by atoms with E-state index in [1.807, 2.05) is 27.7 Å². The Labute approximate surface area is 186 Å². The molecule has 1 aliphatic carbocycles. The van der Waals surface area contributed by atoms with Crippen LogP contribution in [0.4, 0.5) is 5.69 Å². The van der Waals surface area contributed by atoms with Crippen molar-refractivity contribution in [2.45, 2.75) is 37.3 Å². The molecule has 1 aromatic carbocycles. The van der Waals surface area contributed by atoms with Gasteiger partial charge in [-0.25, -0.2) is 4.79 Å². The molecular formula is C23H28N4O3S. The van der Waals surface area contributed by atoms with Crippen LogP contribution in [0.2, 0.25) is 0 Å². The average molecular weight is 441 g/mol. The number of aromatic nitrogens is 2. The van der Waals surface area contributed by atoms with Crippen molar-refractivity contribution >= 4 is 23.4 Å². The van der Waals surface area contributed by atoms with Gasteiger partial charge in [-0.05, 0) is 37.3 Å². The summed E-state index contributed by atoms with van der Waals surface area (Å²) in [7, 11) is 0. The van der Waals surface area contributed by atoms with E-state index in [9.17, 15) is 9.59 Å². The quantitative estimate of drug-likeness (QED) is 0.504. The first kappa shape index (κ1) is 20.7. The van der Waals surface area contributed by atoms with E-state index in [4.69, 9.17) is 4.74 Å². The van der Waals surface area contributed by atoms with Gasteiger partial charge in [0, 0.05) is 49.7 Å². The second-order valence-corrected chi connectivity index (χ2v) is 9.26. The summed E-state index contributed by atoms with van der Waals surface area (Å²) < 4.78 is 7.27. The molecular weight excluding hydrogens is 412 g/mol. The fourth-order valence-corrected chi connectivity index (χ4v) is 5.76. The summed E-state index contributed by atoms with van der Waals surface area (Å²) >= 11 is 1.42. The van der Waals surface area contributed by atoms with Gasteiger partial charge in [0.15, 0.2) is 0 Å². The maximum atomic E-state index is 12.9. The van der Waals surface area contributed by atoms with Crippen molar-refractivity contribution in [1.82, 2.24) is 14.5 Å². The monoisotopic (exact) mass is 440 g/mol. The molecule has 0 atom stereocenters. The number of nitrogens with zero attached hydrogens (tertiary/aromatic N) is 4. The minimum absolute atomic E-state index is 0.0833. The molecule has 1 amide bonds. The summed E-state index contributed by atoms with van der Waals surface area (Å²) in [5, 5.41) is 0.751. The number of morpholine rings is 1. The summed E-state index contributed by atoms with van der Waals surface area (Å²) in [6.45, 7) is 5.60. The zero-order valence-electron chi connectivity index (χ0n) is 17.7. The number of amides is 1. The van der Waals surface area contributed by atoms with Gasteiger partial charge in [-0.3, -0.25) is 14.3 Å². The Morgan fingerprint density at radius 3 is 2.77 bits per heavy atom. The molecule has 31 heavy (non-hydrogen) atoms. The first-order valence-corrected chi connectivity index (χ1v) is 12.1. The Kier molecular flexibility index (Phi) is 6.11. The first-order valence-electron chi connectivity index (χ1n) is 11.1. The van der Waals surface area contributed by atoms with Gasteiger partial charge in [-0.1, -0.05) is 30.0 Å². The zero-order chi connectivity index (χ0) is 21.2. The van der Waals surface area contributed by atoms with Crippen LogP contribution in [0.3, 0.4) is 0 Å². The highest BCUT2D eigenvalue weighted by molar-refractivity contribution is 8.00. The number of anilines is 1. The van der Waals surface area contributed by atoms with Crippen molar-refractivity contribution in [2.75, 3.05) is 50.0 Å². The fourth-order valence-electron chi connectivity index (χ4n) is 4.81. The van der Waals surface area contributed by atoms with Crippen LogP contribution in [0, 0.1) is 0 Å². The van der Waals surface area contributed by atoms with Crippen LogP contribution in [0.25, 0.3) is 0 Å². The molecule has 0 N–H and O–H groups in total. The van der Waals surface area contributed by atoms with Gasteiger partial charge in [-0.15, -0.1) is 0 Å². The topological polar surface area (TPSA) is 67.7 Å². The summed E-state index contributed by atoms with van der Waals surface area (Å²) in [4.78, 5) is 34.3. The largest absolute Gasteiger partial charge is 0.379 e. The number of carbonyl (C=O) groups is 1. The predicted octanol–water partition coefficient (Wildman–Crippen LogP) is 1.75. The third-order valence-electron chi connectivity index (χ3n) is 6.46. The highest BCUT2D eigenvalue weighted by Gasteiger charge is 2.26. The lowest BCUT2D eigenvalue weighted by molar-refractivity contribution is -0.116. The molecule has 1 fully saturated rings. The molecule has 3 aliphatic rings. The van der Waals surface area contributed by atoms with E-state index in [1.165, 1.54) is 22.9 Å². The number of fused-ring (bicyclic) bond motifs is 2. The molecule has 0 spiro atoms. The minimum Gasteiger partial charge on any atom is -0.379 e. The Morgan fingerprint density at radius 1 is 1.06 bits per heavy atom. The van der Waals surface area contributed by atoms with E-state index in [0.717, 1.165) is 81.5 Å². The predicted molar refractivity (Wildman–Crippen MR) is 121 cm³/mol. The first-order chi connectivity index (χ1) is 15.2. The fraction of sp³-hybridized carbons (Fsp3) is 0.522. The van der Waals surface area contributed by atoms with E-state index in [2.05, 4.69) is 16.0 Å². The van der Waals surface area contributed by atoms with Crippen LogP contribution in [-0.4, -0.2) is 65.5 Å². The van der Waals surface area contributed by atoms with Crippen LogP contribution >= 0.6 is 11.8 Å². The minimum atomic E-state index is -0.185. The van der Waals surface area contributed by atoms with E-state index in [1.54, 1.807) is 0 Å². The van der Waals surface area contributed by atoms with Crippen LogP contribution in [0.5, 0.6) is 0 Å². The van der Waals surface area contributed by atoms with Gasteiger partial charge >= 0.3 is 5.69 Å². The molecule has 3 heterocycles. The Hall–Kier alpha value is -2.16. The second kappa shape index (κ2) is 9.14. The van der Waals surface area contributed by atoms with E-state index >= 15 is 0 Å². The number of hydrogen-bond acceptors (Lipinski definition) is 6. The summed E-state index contributed by atoms with van der Waals surface area (Å²) in [5.41, 5.74) is 4.35. The van der Waals surface area contributed by atoms with Crippen molar-refractivity contribution < 1.29 is 9.53 Å². The molecule has 2 aromatic rings. The summed E-state index contributed by atoms with van der Waals surface area (Å²) in [6, 6.07) is 8.09. The molecule has 1 aromatic heterocycles. The summed E-state index contributed by atoms with van der Waals surface area (Å²) in [5.74, 6) is 0.394. The lowest BCUT2D eigenvalue weighted by atomic mass is 10.2. The summed E-state index contributed by atoms with van der Waals surface area (Å²) in [6.07, 6.45) is 3.79. The number of para-hydroxylation sites is 1. The highest BCUT2D eigenvalue weighted by atomic mass is 32.2. The van der Waals surface area contributed by atoms with Gasteiger partial charge in [0.1, 0.15) is 5.03 Å². The average Bonchev–Trinajstić information content (AvgIpc) is 3.45. The normalized spacial score (nSPS) is 18.3. The van der Waals surface area contributed by atoms with Crippen molar-refractivity contribution in [3.63, 3.8) is 0 Å². The highest BCUT2D eigenvalue weighted by Crippen LogP contribution is 2.31. The maximum Gasteiger partial charge on any atom is 0.348 e. The van der Waals surface area contributed by atoms with Crippen molar-refractivity contribution in [2.24, 2.45) is 0 Å². The smallest absolute Gasteiger partial charge is 0.348 e. The molecule has 5 rings (SSSR count). The molecule has 7 nitrogen and oxygen atoms in total. The molecule has 2 aliphatic heterocycles. The molecule has 0 radical (unpaired) electrons. The van der Waals surface area contributed by atoms with E-state index < -0.39 is 0 Å². The van der Waals surface area contributed by atoms with Crippen LogP contribution in [0.15, 0.2) is 34.1 Å². The van der Waals surface area contributed by atoms with Crippen molar-refractivity contribution in [3.05, 3.63) is 51.6 Å². The molecule has 0 saturated carbocycles. The Bertz CT molecular complexity index is 1030. The van der Waals surface area contributed by atoms with Gasteiger partial charge < -0.3 is 9.64 Å². The molecule has 1 saturated heterocycles. The molecule has 0 unspecified atom stereocenters. The van der Waals surface area contributed by atoms with Crippen LogP contribution < -0.4 is 10.6 Å². The van der Waals surface area contributed by atoms with E-state index in [0.29, 0.717) is 12.3 Å². The lowest BCUT2D eigenvalue weighted by Gasteiger charge is -2.27. The maximum absolute atomic E-state index is 12.9. The standard InChI is InChI=1S/C23H28N4O3S/c28-21(26-9-8-17-4-1-2-6-19(17)26)16-31-22-18-5-3-7-20(18)27(23(29)24-22)11-10-25-12-14-30-15-13-25/h1-2,4,6H,3,5,7-16H2. The Morgan fingerprint density at radius 2 is 1.90 bits per heavy atom. The number of ether oxygens (including phenoxy) is 1. The van der Waals surface area contributed by atoms with Gasteiger partial charge in [0.2, 0.25) is 5.91 Å². The number of rotatable bonds is 6. The third-order valence-corrected chi connectivity index (χ3v) is 7.47. The number of carbonyl (C=O) groups excluding carboxylic acids is 1. The van der Waals surface area contributed by atoms with E-state index in [-0.39, 0.29) is 11.6 Å². The van der Waals surface area contributed by atoms with Gasteiger partial charge in [-0.2, -0.15) is 4.98 Å². The van der Waals surface area contributed by atoms with Crippen LogP contribution in [-0.2, 0) is 35.3 Å². The lowest BCUT2D eigenvalue weighted by Crippen LogP contribution is -2.40. The number of benzene rings is 1. The van der Waals surface area contributed by atoms with Crippen molar-refractivity contribution in [3.8, 4) is 0 Å². The number of thioether (sulfide) groups is 1. The van der Waals surface area contributed by atoms with Crippen LogP contribution in [0.1, 0.15) is 23.2 Å². The SMILES string of the molecule is O=C(CSc1nc(=O)n(CCN2CCOCC2)c2c1CCC2)N1CCc2ccccc21. The van der Waals surface area contributed by atoms with Gasteiger partial charge in [0.05, 0.1) is 19.0 Å². The Balaban J connectivity index is 1.28. The molecule has 164 valence electrons. The van der Waals surface area contributed by atoms with Crippen molar-refractivity contribution in [1.29, 1.82) is 0 Å². The second-order valence-electron chi connectivity index (χ2n) is 8.30. The number of hydrogen-bond donors (Lipinski definition) is 0. The zero-order valence-corrected chi connectivity index (χ0v) is 18.5.